The summed E-state index contributed by atoms with van der Waals surface area (Å²) in [5.74, 6) is -0.183. The van der Waals surface area contributed by atoms with Crippen molar-refractivity contribution in [2.24, 2.45) is 0 Å². The SMILES string of the molecule is CC[C@@H](C(=O)NC(C)(C)C)N(Cc1ccc(OC)cc1)C(=O)CN(c1ccc(Cl)cc1C)S(=O)(=O)c1ccc(C)cc1. The van der Waals surface area contributed by atoms with Gasteiger partial charge in [-0.1, -0.05) is 48.4 Å². The first-order valence-corrected chi connectivity index (χ1v) is 15.6. The molecule has 3 rings (SSSR count). The predicted molar refractivity (Wildman–Crippen MR) is 167 cm³/mol. The minimum Gasteiger partial charge on any atom is -0.497 e. The zero-order valence-corrected chi connectivity index (χ0v) is 26.8. The van der Waals surface area contributed by atoms with E-state index in [4.69, 9.17) is 16.3 Å². The Labute approximate surface area is 254 Å². The number of aryl methyl sites for hydroxylation is 2. The third kappa shape index (κ3) is 8.26. The summed E-state index contributed by atoms with van der Waals surface area (Å²) in [6.45, 7) is 10.6. The van der Waals surface area contributed by atoms with E-state index in [-0.39, 0.29) is 17.3 Å². The Kier molecular flexibility index (Phi) is 10.7. The van der Waals surface area contributed by atoms with Gasteiger partial charge in [-0.15, -0.1) is 0 Å². The first-order chi connectivity index (χ1) is 19.7. The summed E-state index contributed by atoms with van der Waals surface area (Å²) in [6, 6.07) is 17.6. The molecule has 0 heterocycles. The van der Waals surface area contributed by atoms with Gasteiger partial charge < -0.3 is 15.0 Å². The number of anilines is 1. The van der Waals surface area contributed by atoms with Crippen LogP contribution in [0.2, 0.25) is 5.02 Å². The summed E-state index contributed by atoms with van der Waals surface area (Å²) in [7, 11) is -2.61. The van der Waals surface area contributed by atoms with Crippen LogP contribution in [0.25, 0.3) is 0 Å². The van der Waals surface area contributed by atoms with Crippen molar-refractivity contribution in [1.82, 2.24) is 10.2 Å². The van der Waals surface area contributed by atoms with Crippen molar-refractivity contribution in [1.29, 1.82) is 0 Å². The molecule has 10 heteroatoms. The van der Waals surface area contributed by atoms with E-state index in [2.05, 4.69) is 5.32 Å². The van der Waals surface area contributed by atoms with Gasteiger partial charge in [0, 0.05) is 17.1 Å². The fourth-order valence-corrected chi connectivity index (χ4v) is 6.25. The second-order valence-electron chi connectivity index (χ2n) is 11.3. The van der Waals surface area contributed by atoms with Gasteiger partial charge in [0.1, 0.15) is 18.3 Å². The number of nitrogens with zero attached hydrogens (tertiary/aromatic N) is 2. The Balaban J connectivity index is 2.10. The molecule has 0 bridgehead atoms. The highest BCUT2D eigenvalue weighted by molar-refractivity contribution is 7.92. The number of carbonyl (C=O) groups excluding carboxylic acids is 2. The predicted octanol–water partition coefficient (Wildman–Crippen LogP) is 5.88. The summed E-state index contributed by atoms with van der Waals surface area (Å²) in [5.41, 5.74) is 2.05. The van der Waals surface area contributed by atoms with Gasteiger partial charge in [-0.25, -0.2) is 8.42 Å². The van der Waals surface area contributed by atoms with Gasteiger partial charge in [0.15, 0.2) is 0 Å². The summed E-state index contributed by atoms with van der Waals surface area (Å²) in [5, 5.41) is 3.42. The van der Waals surface area contributed by atoms with E-state index in [0.717, 1.165) is 15.4 Å². The molecule has 3 aromatic carbocycles. The standard InChI is InChI=1S/C32H40ClN3O5S/c1-8-28(31(38)34-32(4,5)6)35(20-24-11-14-26(41-7)15-12-24)30(37)21-36(29-18-13-25(33)19-23(29)3)42(39,40)27-16-9-22(2)10-17-27/h9-19,28H,8,20-21H2,1-7H3,(H,34,38)/t28-/m0/s1. The van der Waals surface area contributed by atoms with E-state index in [9.17, 15) is 18.0 Å². The second kappa shape index (κ2) is 13.6. The Hall–Kier alpha value is -3.56. The molecule has 0 aromatic heterocycles. The lowest BCUT2D eigenvalue weighted by Crippen LogP contribution is -2.55. The minimum atomic E-state index is -4.17. The molecule has 8 nitrogen and oxygen atoms in total. The molecule has 0 spiro atoms. The first-order valence-electron chi connectivity index (χ1n) is 13.8. The molecule has 0 radical (unpaired) electrons. The fourth-order valence-electron chi connectivity index (χ4n) is 4.55. The molecule has 0 aliphatic rings. The van der Waals surface area contributed by atoms with Gasteiger partial charge in [0.25, 0.3) is 10.0 Å². The highest BCUT2D eigenvalue weighted by Gasteiger charge is 2.35. The summed E-state index contributed by atoms with van der Waals surface area (Å²) in [4.78, 5) is 29.2. The fraction of sp³-hybridized carbons (Fsp3) is 0.375. The Morgan fingerprint density at radius 3 is 2.12 bits per heavy atom. The van der Waals surface area contributed by atoms with Crippen LogP contribution in [0.5, 0.6) is 5.75 Å². The van der Waals surface area contributed by atoms with Gasteiger partial charge in [-0.2, -0.15) is 0 Å². The number of hydrogen-bond acceptors (Lipinski definition) is 5. The van der Waals surface area contributed by atoms with Crippen LogP contribution in [0, 0.1) is 13.8 Å². The number of nitrogens with one attached hydrogen (secondary N) is 1. The van der Waals surface area contributed by atoms with Crippen molar-refractivity contribution >= 4 is 39.1 Å². The maximum atomic E-state index is 14.2. The maximum absolute atomic E-state index is 14.2. The van der Waals surface area contributed by atoms with E-state index in [1.54, 1.807) is 56.5 Å². The molecule has 1 N–H and O–H groups in total. The molecule has 3 aromatic rings. The molecule has 1 atom stereocenters. The number of benzene rings is 3. The number of halogens is 1. The van der Waals surface area contributed by atoms with Crippen molar-refractivity contribution in [3.63, 3.8) is 0 Å². The Bertz CT molecular complexity index is 1500. The molecule has 0 aliphatic carbocycles. The number of rotatable bonds is 11. The number of methoxy groups -OCH3 is 1. The number of ether oxygens (including phenoxy) is 1. The lowest BCUT2D eigenvalue weighted by Gasteiger charge is -2.35. The third-order valence-corrected chi connectivity index (χ3v) is 8.72. The first kappa shape index (κ1) is 32.9. The topological polar surface area (TPSA) is 96.0 Å². The molecular weight excluding hydrogens is 574 g/mol. The maximum Gasteiger partial charge on any atom is 0.264 e. The summed E-state index contributed by atoms with van der Waals surface area (Å²) < 4.78 is 34.5. The van der Waals surface area contributed by atoms with Gasteiger partial charge in [0.2, 0.25) is 11.8 Å². The van der Waals surface area contributed by atoms with Gasteiger partial charge >= 0.3 is 0 Å². The highest BCUT2D eigenvalue weighted by Crippen LogP contribution is 2.30. The number of hydrogen-bond donors (Lipinski definition) is 1. The van der Waals surface area contributed by atoms with Crippen LogP contribution in [-0.2, 0) is 26.2 Å². The van der Waals surface area contributed by atoms with E-state index in [1.165, 1.54) is 17.0 Å². The van der Waals surface area contributed by atoms with Crippen molar-refractivity contribution < 1.29 is 22.7 Å². The van der Waals surface area contributed by atoms with Crippen LogP contribution in [0.15, 0.2) is 71.6 Å². The van der Waals surface area contributed by atoms with Crippen LogP contribution >= 0.6 is 11.6 Å². The molecule has 0 fully saturated rings. The Morgan fingerprint density at radius 2 is 1.60 bits per heavy atom. The molecule has 226 valence electrons. The highest BCUT2D eigenvalue weighted by atomic mass is 35.5. The van der Waals surface area contributed by atoms with Crippen LogP contribution in [-0.4, -0.2) is 50.4 Å². The van der Waals surface area contributed by atoms with Crippen molar-refractivity contribution in [3.8, 4) is 5.75 Å². The smallest absolute Gasteiger partial charge is 0.264 e. The number of amides is 2. The van der Waals surface area contributed by atoms with E-state index in [1.807, 2.05) is 46.8 Å². The minimum absolute atomic E-state index is 0.0504. The number of sulfonamides is 1. The number of carbonyl (C=O) groups is 2. The third-order valence-electron chi connectivity index (χ3n) is 6.71. The van der Waals surface area contributed by atoms with Crippen molar-refractivity contribution in [2.75, 3.05) is 18.0 Å². The van der Waals surface area contributed by atoms with Gasteiger partial charge in [-0.3, -0.25) is 13.9 Å². The molecule has 0 saturated carbocycles. The molecule has 42 heavy (non-hydrogen) atoms. The average Bonchev–Trinajstić information content (AvgIpc) is 2.91. The second-order valence-corrected chi connectivity index (χ2v) is 13.6. The summed E-state index contributed by atoms with van der Waals surface area (Å²) >= 11 is 6.19. The quantitative estimate of drug-likeness (QED) is 0.291. The lowest BCUT2D eigenvalue weighted by molar-refractivity contribution is -0.141. The largest absolute Gasteiger partial charge is 0.497 e. The molecule has 2 amide bonds. The van der Waals surface area contributed by atoms with E-state index >= 15 is 0 Å². The van der Waals surface area contributed by atoms with Crippen LogP contribution in [0.4, 0.5) is 5.69 Å². The van der Waals surface area contributed by atoms with Gasteiger partial charge in [-0.05, 0) is 94.6 Å². The van der Waals surface area contributed by atoms with Crippen LogP contribution < -0.4 is 14.4 Å². The molecular formula is C32H40ClN3O5S. The Morgan fingerprint density at radius 1 is 0.976 bits per heavy atom. The van der Waals surface area contributed by atoms with Crippen LogP contribution in [0.1, 0.15) is 50.8 Å². The molecule has 0 aliphatic heterocycles. The monoisotopic (exact) mass is 613 g/mol. The molecule has 0 unspecified atom stereocenters. The molecule has 0 saturated heterocycles. The lowest BCUT2D eigenvalue weighted by atomic mass is 10.1. The zero-order valence-electron chi connectivity index (χ0n) is 25.3. The van der Waals surface area contributed by atoms with Gasteiger partial charge in [0.05, 0.1) is 17.7 Å². The average molecular weight is 614 g/mol. The van der Waals surface area contributed by atoms with E-state index < -0.39 is 34.1 Å². The van der Waals surface area contributed by atoms with Crippen LogP contribution in [0.3, 0.4) is 0 Å². The van der Waals surface area contributed by atoms with E-state index in [0.29, 0.717) is 28.4 Å². The zero-order chi connectivity index (χ0) is 31.2. The van der Waals surface area contributed by atoms with Crippen molar-refractivity contribution in [3.05, 3.63) is 88.4 Å². The normalized spacial score (nSPS) is 12.4. The summed E-state index contributed by atoms with van der Waals surface area (Å²) in [6.07, 6.45) is 0.328. The van der Waals surface area contributed by atoms with Crippen molar-refractivity contribution in [2.45, 2.75) is 71.0 Å².